The molecule has 0 aromatic heterocycles. The van der Waals surface area contributed by atoms with Gasteiger partial charge in [0.25, 0.3) is 0 Å². The van der Waals surface area contributed by atoms with E-state index in [1.807, 2.05) is 0 Å². The Hall–Kier alpha value is -1.36. The van der Waals surface area contributed by atoms with Crippen LogP contribution in [0.5, 0.6) is 0 Å². The molecule has 0 aromatic rings. The number of carbonyl (C=O) groups excluding carboxylic acids is 1. The predicted octanol–water partition coefficient (Wildman–Crippen LogP) is -0.943. The second kappa shape index (κ2) is 4.04. The normalized spacial score (nSPS) is 22.9. The number of hydrogen-bond acceptors (Lipinski definition) is 3. The van der Waals surface area contributed by atoms with Crippen molar-refractivity contribution in [1.29, 1.82) is 0 Å². The molecular weight excluding hydrogens is 172 g/mol. The number of aliphatic carboxylic acids is 1. The first kappa shape index (κ1) is 9.73. The van der Waals surface area contributed by atoms with Gasteiger partial charge in [-0.25, -0.2) is 0 Å². The number of nitrogens with zero attached hydrogens (tertiary/aromatic N) is 1. The molecule has 1 atom stereocenters. The molecule has 1 fully saturated rings. The van der Waals surface area contributed by atoms with Gasteiger partial charge in [0.05, 0.1) is 6.54 Å². The van der Waals surface area contributed by atoms with Crippen LogP contribution in [0.3, 0.4) is 0 Å². The maximum Gasteiger partial charge on any atom is 0.322 e. The van der Waals surface area contributed by atoms with Gasteiger partial charge < -0.3 is 10.0 Å². The number of carboxylic acid groups (broad SMARTS) is 1. The summed E-state index contributed by atoms with van der Waals surface area (Å²) in [6, 6.07) is -0.655. The molecule has 0 spiro atoms. The fourth-order valence-electron chi connectivity index (χ4n) is 1.21. The Labute approximate surface area is 76.0 Å². The minimum atomic E-state index is -0.929. The fourth-order valence-corrected chi connectivity index (χ4v) is 1.21. The van der Waals surface area contributed by atoms with E-state index >= 15 is 0 Å². The highest BCUT2D eigenvalue weighted by atomic mass is 16.4. The molecule has 0 aromatic carbocycles. The molecule has 0 bridgehead atoms. The topological polar surface area (TPSA) is 69.6 Å². The standard InChI is InChI=1S/C8H12N2O3/c1-2-3-10-5-6(8(12)13)9-4-7(10)11/h2,6,9H,1,3-5H2,(H,12,13). The van der Waals surface area contributed by atoms with E-state index in [4.69, 9.17) is 5.11 Å². The number of amides is 1. The number of rotatable bonds is 3. The minimum absolute atomic E-state index is 0.0857. The molecule has 1 rings (SSSR count). The van der Waals surface area contributed by atoms with Gasteiger partial charge in [-0.1, -0.05) is 6.08 Å². The molecule has 0 radical (unpaired) electrons. The predicted molar refractivity (Wildman–Crippen MR) is 46.2 cm³/mol. The third kappa shape index (κ3) is 2.29. The summed E-state index contributed by atoms with van der Waals surface area (Å²) in [4.78, 5) is 23.2. The van der Waals surface area contributed by atoms with E-state index in [-0.39, 0.29) is 19.0 Å². The van der Waals surface area contributed by atoms with Gasteiger partial charge in [-0.2, -0.15) is 0 Å². The summed E-state index contributed by atoms with van der Waals surface area (Å²) in [5.41, 5.74) is 0. The largest absolute Gasteiger partial charge is 0.480 e. The summed E-state index contributed by atoms with van der Waals surface area (Å²) in [6.07, 6.45) is 1.59. The SMILES string of the molecule is C=CCN1CC(C(=O)O)NCC1=O. The van der Waals surface area contributed by atoms with Gasteiger partial charge in [0, 0.05) is 13.1 Å². The monoisotopic (exact) mass is 184 g/mol. The fraction of sp³-hybridized carbons (Fsp3) is 0.500. The van der Waals surface area contributed by atoms with Gasteiger partial charge in [-0.15, -0.1) is 6.58 Å². The minimum Gasteiger partial charge on any atom is -0.480 e. The molecule has 5 heteroatoms. The lowest BCUT2D eigenvalue weighted by Crippen LogP contribution is -2.56. The van der Waals surface area contributed by atoms with Crippen molar-refractivity contribution >= 4 is 11.9 Å². The summed E-state index contributed by atoms with van der Waals surface area (Å²) in [5.74, 6) is -1.01. The first-order valence-electron chi connectivity index (χ1n) is 4.00. The van der Waals surface area contributed by atoms with Crippen LogP contribution >= 0.6 is 0 Å². The van der Waals surface area contributed by atoms with Crippen molar-refractivity contribution in [1.82, 2.24) is 10.2 Å². The van der Waals surface area contributed by atoms with Crippen molar-refractivity contribution in [3.63, 3.8) is 0 Å². The van der Waals surface area contributed by atoms with Crippen LogP contribution in [0.25, 0.3) is 0 Å². The number of carboxylic acids is 1. The number of hydrogen-bond donors (Lipinski definition) is 2. The average Bonchev–Trinajstić information content (AvgIpc) is 2.08. The number of piperazine rings is 1. The van der Waals surface area contributed by atoms with E-state index in [0.717, 1.165) is 0 Å². The first-order chi connectivity index (χ1) is 6.15. The Morgan fingerprint density at radius 2 is 2.54 bits per heavy atom. The lowest BCUT2D eigenvalue weighted by atomic mass is 10.2. The number of carbonyl (C=O) groups is 2. The van der Waals surface area contributed by atoms with Gasteiger partial charge in [-0.3, -0.25) is 14.9 Å². The van der Waals surface area contributed by atoms with Gasteiger partial charge in [0.2, 0.25) is 5.91 Å². The molecule has 1 amide bonds. The second-order valence-electron chi connectivity index (χ2n) is 2.86. The Morgan fingerprint density at radius 3 is 3.08 bits per heavy atom. The molecule has 13 heavy (non-hydrogen) atoms. The van der Waals surface area contributed by atoms with Crippen LogP contribution < -0.4 is 5.32 Å². The summed E-state index contributed by atoms with van der Waals surface area (Å²) in [5, 5.41) is 11.3. The van der Waals surface area contributed by atoms with Crippen LogP contribution in [0.15, 0.2) is 12.7 Å². The molecule has 1 aliphatic rings. The summed E-state index contributed by atoms with van der Waals surface area (Å²) >= 11 is 0. The molecule has 1 saturated heterocycles. The van der Waals surface area contributed by atoms with Crippen LogP contribution in [0.4, 0.5) is 0 Å². The molecule has 2 N–H and O–H groups in total. The Balaban J connectivity index is 2.57. The Morgan fingerprint density at radius 1 is 1.85 bits per heavy atom. The zero-order valence-electron chi connectivity index (χ0n) is 7.19. The molecule has 1 unspecified atom stereocenters. The summed E-state index contributed by atoms with van der Waals surface area (Å²) in [7, 11) is 0. The highest BCUT2D eigenvalue weighted by Crippen LogP contribution is 2.00. The van der Waals surface area contributed by atoms with Crippen LogP contribution in [0.1, 0.15) is 0 Å². The first-order valence-corrected chi connectivity index (χ1v) is 4.00. The average molecular weight is 184 g/mol. The van der Waals surface area contributed by atoms with Crippen LogP contribution in [0, 0.1) is 0 Å². The van der Waals surface area contributed by atoms with Gasteiger partial charge in [0.1, 0.15) is 6.04 Å². The highest BCUT2D eigenvalue weighted by molar-refractivity contribution is 5.83. The van der Waals surface area contributed by atoms with Gasteiger partial charge in [-0.05, 0) is 0 Å². The molecular formula is C8H12N2O3. The van der Waals surface area contributed by atoms with Crippen LogP contribution in [-0.2, 0) is 9.59 Å². The van der Waals surface area contributed by atoms with Crippen molar-refractivity contribution in [2.24, 2.45) is 0 Å². The van der Waals surface area contributed by atoms with E-state index in [1.165, 1.54) is 4.90 Å². The molecule has 72 valence electrons. The van der Waals surface area contributed by atoms with Gasteiger partial charge >= 0.3 is 5.97 Å². The third-order valence-electron chi connectivity index (χ3n) is 1.90. The summed E-state index contributed by atoms with van der Waals surface area (Å²) < 4.78 is 0. The smallest absolute Gasteiger partial charge is 0.322 e. The third-order valence-corrected chi connectivity index (χ3v) is 1.90. The molecule has 1 aliphatic heterocycles. The Kier molecular flexibility index (Phi) is 3.02. The van der Waals surface area contributed by atoms with Crippen molar-refractivity contribution in [2.45, 2.75) is 6.04 Å². The van der Waals surface area contributed by atoms with E-state index in [1.54, 1.807) is 6.08 Å². The zero-order valence-corrected chi connectivity index (χ0v) is 7.19. The lowest BCUT2D eigenvalue weighted by Gasteiger charge is -2.30. The zero-order chi connectivity index (χ0) is 9.84. The van der Waals surface area contributed by atoms with E-state index < -0.39 is 12.0 Å². The Bertz CT molecular complexity index is 240. The lowest BCUT2D eigenvalue weighted by molar-refractivity contribution is -0.143. The van der Waals surface area contributed by atoms with Crippen LogP contribution in [-0.4, -0.2) is 47.6 Å². The highest BCUT2D eigenvalue weighted by Gasteiger charge is 2.28. The molecule has 5 nitrogen and oxygen atoms in total. The van der Waals surface area contributed by atoms with Crippen molar-refractivity contribution in [3.05, 3.63) is 12.7 Å². The number of nitrogens with one attached hydrogen (secondary N) is 1. The van der Waals surface area contributed by atoms with Crippen LogP contribution in [0.2, 0.25) is 0 Å². The van der Waals surface area contributed by atoms with Crippen molar-refractivity contribution in [2.75, 3.05) is 19.6 Å². The van der Waals surface area contributed by atoms with Crippen molar-refractivity contribution < 1.29 is 14.7 Å². The van der Waals surface area contributed by atoms with E-state index in [0.29, 0.717) is 6.54 Å². The molecule has 1 heterocycles. The maximum atomic E-state index is 11.2. The van der Waals surface area contributed by atoms with E-state index in [9.17, 15) is 9.59 Å². The summed E-state index contributed by atoms with van der Waals surface area (Å²) in [6.45, 7) is 4.20. The van der Waals surface area contributed by atoms with Gasteiger partial charge in [0.15, 0.2) is 0 Å². The maximum absolute atomic E-state index is 11.2. The quantitative estimate of drug-likeness (QED) is 0.555. The molecule has 0 aliphatic carbocycles. The van der Waals surface area contributed by atoms with Crippen molar-refractivity contribution in [3.8, 4) is 0 Å². The van der Waals surface area contributed by atoms with E-state index in [2.05, 4.69) is 11.9 Å². The second-order valence-corrected chi connectivity index (χ2v) is 2.86. The molecule has 0 saturated carbocycles.